The molecule has 0 aliphatic rings. The second-order valence-corrected chi connectivity index (χ2v) is 8.00. The Kier molecular flexibility index (Phi) is 17.0. The molecule has 0 fully saturated rings. The first kappa shape index (κ1) is 34.9. The average molecular weight is 690 g/mol. The summed E-state index contributed by atoms with van der Waals surface area (Å²) in [6, 6.07) is 23.2. The van der Waals surface area contributed by atoms with Crippen molar-refractivity contribution in [1.82, 2.24) is 9.97 Å². The second-order valence-electron chi connectivity index (χ2n) is 8.00. The third-order valence-corrected chi connectivity index (χ3v) is 5.13. The fourth-order valence-corrected chi connectivity index (χ4v) is 3.43. The zero-order chi connectivity index (χ0) is 27.0. The van der Waals surface area contributed by atoms with Crippen molar-refractivity contribution in [3.05, 3.63) is 140 Å². The van der Waals surface area contributed by atoms with E-state index in [4.69, 9.17) is 11.0 Å². The maximum absolute atomic E-state index is 7.93. The standard InChI is InChI=1S/C19H18N.C12H11N2.C2H3N.CH3.Os/c1-4-5-6-9-16(3)17-12-15(2)13-18(14-17)19-10-7-8-11-20-19;1-2-4-9-6-7-10-5-3-8-14-12(10)11(9)13;1-2-3;;/h4-13H,1H2,2-3H3;2-8,13H,1H3;1H3;1H3;/q2*-1;;-1;/b6-5-,16-9+;4-2-;;;. The third-order valence-electron chi connectivity index (χ3n) is 5.13. The van der Waals surface area contributed by atoms with E-state index in [1.165, 1.54) is 18.1 Å². The van der Waals surface area contributed by atoms with E-state index >= 15 is 0 Å². The molecule has 2 heterocycles. The van der Waals surface area contributed by atoms with Gasteiger partial charge in [-0.25, -0.2) is 0 Å². The summed E-state index contributed by atoms with van der Waals surface area (Å²) in [5.41, 5.74) is 15.6. The van der Waals surface area contributed by atoms with E-state index in [0.717, 1.165) is 33.3 Å². The number of nitriles is 1. The molecule has 202 valence electrons. The van der Waals surface area contributed by atoms with E-state index in [9.17, 15) is 0 Å². The number of benzene rings is 2. The van der Waals surface area contributed by atoms with Gasteiger partial charge in [-0.1, -0.05) is 92.8 Å². The first-order valence-electron chi connectivity index (χ1n) is 11.9. The number of aromatic nitrogens is 2. The smallest absolute Gasteiger partial charge is 0.0587 e. The Hall–Kier alpha value is -4.11. The molecule has 0 spiro atoms. The van der Waals surface area contributed by atoms with Gasteiger partial charge in [-0.05, 0) is 30.0 Å². The summed E-state index contributed by atoms with van der Waals surface area (Å²) in [5, 5.41) is 8.34. The predicted octanol–water partition coefficient (Wildman–Crippen LogP) is 9.93. The molecule has 2 aromatic heterocycles. The van der Waals surface area contributed by atoms with Gasteiger partial charge in [0.15, 0.2) is 0 Å². The number of rotatable bonds is 5. The zero-order valence-corrected chi connectivity index (χ0v) is 25.8. The molecule has 4 rings (SSSR count). The maximum atomic E-state index is 7.93. The van der Waals surface area contributed by atoms with Crippen LogP contribution in [0.2, 0.25) is 0 Å². The molecule has 0 aliphatic heterocycles. The van der Waals surface area contributed by atoms with Crippen LogP contribution in [0, 0.1) is 31.7 Å². The molecule has 39 heavy (non-hydrogen) atoms. The summed E-state index contributed by atoms with van der Waals surface area (Å²) >= 11 is 0. The van der Waals surface area contributed by atoms with Crippen LogP contribution in [-0.2, 0) is 19.8 Å². The van der Waals surface area contributed by atoms with Crippen LogP contribution in [0.1, 0.15) is 37.5 Å². The van der Waals surface area contributed by atoms with Crippen LogP contribution in [0.15, 0.2) is 104 Å². The summed E-state index contributed by atoms with van der Waals surface area (Å²) in [7, 11) is 0. The molecule has 5 heteroatoms. The van der Waals surface area contributed by atoms with E-state index in [1.54, 1.807) is 24.5 Å². The Labute approximate surface area is 247 Å². The Morgan fingerprint density at radius 1 is 1.05 bits per heavy atom. The summed E-state index contributed by atoms with van der Waals surface area (Å²) in [6.45, 7) is 11.2. The minimum Gasteiger partial charge on any atom is -0.696 e. The molecule has 0 bridgehead atoms. The summed E-state index contributed by atoms with van der Waals surface area (Å²) in [5.74, 6) is 0. The normalized spacial score (nSPS) is 10.3. The van der Waals surface area contributed by atoms with Crippen molar-refractivity contribution in [1.29, 1.82) is 5.26 Å². The molecule has 0 radical (unpaired) electrons. The van der Waals surface area contributed by atoms with Crippen LogP contribution in [0.5, 0.6) is 0 Å². The van der Waals surface area contributed by atoms with Gasteiger partial charge in [-0.3, -0.25) is 9.97 Å². The van der Waals surface area contributed by atoms with Crippen molar-refractivity contribution in [2.45, 2.75) is 27.7 Å². The SMILES string of the molecule is C/C=C\c1ccc2cccnc2c1[NH-].C=C/C=C\C=C(/C)c1[c-]c(-c2ccccn2)cc(C)c1.CC#N.[CH3-].[Os]. The van der Waals surface area contributed by atoms with Crippen molar-refractivity contribution in [3.8, 4) is 17.3 Å². The molecule has 4 nitrogen and oxygen atoms in total. The Morgan fingerprint density at radius 3 is 2.41 bits per heavy atom. The summed E-state index contributed by atoms with van der Waals surface area (Å²) < 4.78 is 0. The van der Waals surface area contributed by atoms with Crippen molar-refractivity contribution in [2.75, 3.05) is 0 Å². The molecule has 0 amide bonds. The van der Waals surface area contributed by atoms with E-state index < -0.39 is 0 Å². The van der Waals surface area contributed by atoms with Gasteiger partial charge in [-0.15, -0.1) is 40.6 Å². The molecule has 1 N–H and O–H groups in total. The molecule has 0 aliphatic carbocycles. The number of fused-ring (bicyclic) bond motifs is 1. The molecule has 2 aromatic carbocycles. The van der Waals surface area contributed by atoms with Gasteiger partial charge in [0.25, 0.3) is 0 Å². The molecular weight excluding hydrogens is 655 g/mol. The Balaban J connectivity index is 0.000000669. The van der Waals surface area contributed by atoms with Crippen molar-refractivity contribution < 1.29 is 19.8 Å². The molecule has 4 aromatic rings. The van der Waals surface area contributed by atoms with Crippen LogP contribution < -0.4 is 0 Å². The number of hydrogen-bond donors (Lipinski definition) is 0. The largest absolute Gasteiger partial charge is 0.696 e. The van der Waals surface area contributed by atoms with E-state index in [-0.39, 0.29) is 27.2 Å². The third kappa shape index (κ3) is 11.0. The fourth-order valence-electron chi connectivity index (χ4n) is 3.43. The van der Waals surface area contributed by atoms with Gasteiger partial charge in [0.1, 0.15) is 0 Å². The quantitative estimate of drug-likeness (QED) is 0.155. The number of allylic oxidation sites excluding steroid dienone is 6. The predicted molar refractivity (Wildman–Crippen MR) is 164 cm³/mol. The van der Waals surface area contributed by atoms with Gasteiger partial charge in [0.2, 0.25) is 0 Å². The Bertz CT molecular complexity index is 1450. The number of nitrogens with zero attached hydrogens (tertiary/aromatic N) is 3. The first-order valence-corrected chi connectivity index (χ1v) is 11.9. The minimum absolute atomic E-state index is 0. The van der Waals surface area contributed by atoms with Crippen LogP contribution in [0.25, 0.3) is 39.5 Å². The Morgan fingerprint density at radius 2 is 1.77 bits per heavy atom. The maximum Gasteiger partial charge on any atom is 0.0587 e. The number of pyridine rings is 2. The first-order chi connectivity index (χ1) is 17.9. The monoisotopic (exact) mass is 691 g/mol. The van der Waals surface area contributed by atoms with Gasteiger partial charge in [0.05, 0.1) is 11.6 Å². The number of aryl methyl sites for hydroxylation is 1. The van der Waals surface area contributed by atoms with Crippen LogP contribution in [0.4, 0.5) is 5.69 Å². The van der Waals surface area contributed by atoms with E-state index in [2.05, 4.69) is 54.7 Å². The van der Waals surface area contributed by atoms with Gasteiger partial charge in [-0.2, -0.15) is 5.26 Å². The molecule has 0 unspecified atom stereocenters. The summed E-state index contributed by atoms with van der Waals surface area (Å²) in [6.07, 6.45) is 15.1. The van der Waals surface area contributed by atoms with Crippen molar-refractivity contribution in [2.24, 2.45) is 0 Å². The number of nitrogens with one attached hydrogen (secondary N) is 1. The summed E-state index contributed by atoms with van der Waals surface area (Å²) in [4.78, 5) is 8.59. The van der Waals surface area contributed by atoms with Crippen LogP contribution in [0.3, 0.4) is 0 Å². The van der Waals surface area contributed by atoms with Crippen molar-refractivity contribution in [3.63, 3.8) is 0 Å². The topological polar surface area (TPSA) is 73.4 Å². The van der Waals surface area contributed by atoms with Crippen LogP contribution in [-0.4, -0.2) is 9.97 Å². The van der Waals surface area contributed by atoms with Crippen molar-refractivity contribution >= 4 is 28.2 Å². The van der Waals surface area contributed by atoms with E-state index in [1.807, 2.05) is 73.7 Å². The van der Waals surface area contributed by atoms with Gasteiger partial charge < -0.3 is 13.2 Å². The minimum atomic E-state index is 0. The fraction of sp³-hybridized carbons (Fsp3) is 0.118. The molecule has 0 atom stereocenters. The van der Waals surface area contributed by atoms with Gasteiger partial charge in [0, 0.05) is 44.8 Å². The van der Waals surface area contributed by atoms with Gasteiger partial charge >= 0.3 is 0 Å². The second kappa shape index (κ2) is 19.0. The number of hydrogen-bond acceptors (Lipinski definition) is 3. The molecule has 0 saturated carbocycles. The average Bonchev–Trinajstić information content (AvgIpc) is 2.91. The van der Waals surface area contributed by atoms with Crippen LogP contribution >= 0.6 is 0 Å². The zero-order valence-electron chi connectivity index (χ0n) is 23.2. The van der Waals surface area contributed by atoms with E-state index in [0.29, 0.717) is 5.69 Å². The molecular formula is C34H35N4Os-3. The molecule has 0 saturated heterocycles.